The molecule has 0 bridgehead atoms. The highest BCUT2D eigenvalue weighted by molar-refractivity contribution is 5.73. The molecule has 0 spiro atoms. The second-order valence-electron chi connectivity index (χ2n) is 5.29. The molecule has 3 N–H and O–H groups in total. The van der Waals surface area contributed by atoms with Gasteiger partial charge in [-0.3, -0.25) is 4.79 Å². The van der Waals surface area contributed by atoms with Crippen LogP contribution in [-0.4, -0.2) is 43.0 Å². The van der Waals surface area contributed by atoms with Gasteiger partial charge < -0.3 is 16.0 Å². The number of carbonyl (C=O) groups is 1. The normalized spacial score (nSPS) is 21.3. The molecule has 1 heterocycles. The summed E-state index contributed by atoms with van der Waals surface area (Å²) in [6, 6.07) is 10.7. The van der Waals surface area contributed by atoms with E-state index in [1.165, 1.54) is 5.56 Å². The molecule has 1 aliphatic rings. The van der Waals surface area contributed by atoms with Crippen molar-refractivity contribution < 1.29 is 4.79 Å². The average Bonchev–Trinajstić information content (AvgIpc) is 2.83. The van der Waals surface area contributed by atoms with E-state index in [2.05, 4.69) is 34.5 Å². The maximum absolute atomic E-state index is 11.1. The quantitative estimate of drug-likeness (QED) is 0.829. The lowest BCUT2D eigenvalue weighted by atomic mass is 9.99. The number of nitrogens with zero attached hydrogens (tertiary/aromatic N) is 1. The van der Waals surface area contributed by atoms with E-state index >= 15 is 0 Å². The van der Waals surface area contributed by atoms with Crippen LogP contribution in [0.5, 0.6) is 0 Å². The molecule has 4 nitrogen and oxygen atoms in total. The third kappa shape index (κ3) is 4.04. The Kier molecular flexibility index (Phi) is 4.93. The van der Waals surface area contributed by atoms with Crippen molar-refractivity contribution in [2.24, 2.45) is 5.73 Å². The summed E-state index contributed by atoms with van der Waals surface area (Å²) in [4.78, 5) is 13.5. The standard InChI is InChI=1S/C15H23N3O/c1-12(19)17-15-7-8-18(11-15)10-14(9-16)13-5-3-2-4-6-13/h2-6,14-15H,7-11,16H2,1H3,(H,17,19). The number of amides is 1. The van der Waals surface area contributed by atoms with Crippen molar-refractivity contribution in [2.75, 3.05) is 26.2 Å². The first kappa shape index (κ1) is 14.0. The second-order valence-corrected chi connectivity index (χ2v) is 5.29. The SMILES string of the molecule is CC(=O)NC1CCN(CC(CN)c2ccccc2)C1. The fraction of sp³-hybridized carbons (Fsp3) is 0.533. The van der Waals surface area contributed by atoms with Crippen molar-refractivity contribution >= 4 is 5.91 Å². The molecule has 104 valence electrons. The first-order valence-electron chi connectivity index (χ1n) is 6.93. The van der Waals surface area contributed by atoms with Gasteiger partial charge in [0.1, 0.15) is 0 Å². The van der Waals surface area contributed by atoms with Gasteiger partial charge in [0.25, 0.3) is 0 Å². The molecular weight excluding hydrogens is 238 g/mol. The molecule has 0 aromatic heterocycles. The average molecular weight is 261 g/mol. The van der Waals surface area contributed by atoms with Crippen molar-refractivity contribution in [3.8, 4) is 0 Å². The molecule has 1 aromatic carbocycles. The summed E-state index contributed by atoms with van der Waals surface area (Å²) in [5.41, 5.74) is 7.20. The van der Waals surface area contributed by atoms with Crippen molar-refractivity contribution in [1.82, 2.24) is 10.2 Å². The maximum atomic E-state index is 11.1. The van der Waals surface area contributed by atoms with Gasteiger partial charge in [-0.1, -0.05) is 30.3 Å². The molecular formula is C15H23N3O. The molecule has 19 heavy (non-hydrogen) atoms. The predicted octanol–water partition coefficient (Wildman–Crippen LogP) is 0.939. The highest BCUT2D eigenvalue weighted by Gasteiger charge is 2.25. The molecule has 2 unspecified atom stereocenters. The summed E-state index contributed by atoms with van der Waals surface area (Å²) >= 11 is 0. The van der Waals surface area contributed by atoms with Gasteiger partial charge in [0.05, 0.1) is 0 Å². The highest BCUT2D eigenvalue weighted by atomic mass is 16.1. The molecule has 2 rings (SSSR count). The molecule has 0 aliphatic carbocycles. The van der Waals surface area contributed by atoms with E-state index in [-0.39, 0.29) is 5.91 Å². The van der Waals surface area contributed by atoms with E-state index in [1.54, 1.807) is 6.92 Å². The van der Waals surface area contributed by atoms with Gasteiger partial charge >= 0.3 is 0 Å². The zero-order chi connectivity index (χ0) is 13.7. The van der Waals surface area contributed by atoms with Gasteiger partial charge in [-0.25, -0.2) is 0 Å². The molecule has 1 aromatic rings. The number of nitrogens with one attached hydrogen (secondary N) is 1. The van der Waals surface area contributed by atoms with E-state index < -0.39 is 0 Å². The van der Waals surface area contributed by atoms with Gasteiger partial charge in [-0.05, 0) is 12.0 Å². The summed E-state index contributed by atoms with van der Waals surface area (Å²) in [5, 5.41) is 2.99. The molecule has 0 radical (unpaired) electrons. The Bertz CT molecular complexity index is 407. The van der Waals surface area contributed by atoms with Gasteiger partial charge in [0.15, 0.2) is 0 Å². The van der Waals surface area contributed by atoms with Crippen LogP contribution < -0.4 is 11.1 Å². The highest BCUT2D eigenvalue weighted by Crippen LogP contribution is 2.19. The van der Waals surface area contributed by atoms with Crippen LogP contribution >= 0.6 is 0 Å². The third-order valence-electron chi connectivity index (χ3n) is 3.71. The van der Waals surface area contributed by atoms with E-state index in [4.69, 9.17) is 5.73 Å². The smallest absolute Gasteiger partial charge is 0.217 e. The number of hydrogen-bond donors (Lipinski definition) is 2. The first-order valence-corrected chi connectivity index (χ1v) is 6.93. The van der Waals surface area contributed by atoms with Crippen LogP contribution in [0, 0.1) is 0 Å². The molecule has 1 aliphatic heterocycles. The summed E-state index contributed by atoms with van der Waals surface area (Å²) in [6.07, 6.45) is 1.03. The van der Waals surface area contributed by atoms with E-state index in [0.29, 0.717) is 18.5 Å². The second kappa shape index (κ2) is 6.68. The predicted molar refractivity (Wildman–Crippen MR) is 76.9 cm³/mol. The lowest BCUT2D eigenvalue weighted by molar-refractivity contribution is -0.119. The number of benzene rings is 1. The topological polar surface area (TPSA) is 58.4 Å². The number of carbonyl (C=O) groups excluding carboxylic acids is 1. The summed E-state index contributed by atoms with van der Waals surface area (Å²) in [7, 11) is 0. The van der Waals surface area contributed by atoms with Crippen LogP contribution in [0.2, 0.25) is 0 Å². The third-order valence-corrected chi connectivity index (χ3v) is 3.71. The Morgan fingerprint density at radius 3 is 2.84 bits per heavy atom. The molecule has 0 saturated carbocycles. The Hall–Kier alpha value is -1.39. The van der Waals surface area contributed by atoms with Gasteiger partial charge in [0.2, 0.25) is 5.91 Å². The monoisotopic (exact) mass is 261 g/mol. The number of hydrogen-bond acceptors (Lipinski definition) is 3. The fourth-order valence-corrected chi connectivity index (χ4v) is 2.76. The molecule has 2 atom stereocenters. The minimum absolute atomic E-state index is 0.0604. The van der Waals surface area contributed by atoms with E-state index in [9.17, 15) is 4.79 Å². The zero-order valence-electron chi connectivity index (χ0n) is 11.5. The molecule has 1 fully saturated rings. The van der Waals surface area contributed by atoms with Gasteiger partial charge in [0, 0.05) is 45.1 Å². The minimum atomic E-state index is 0.0604. The van der Waals surface area contributed by atoms with Crippen molar-refractivity contribution in [2.45, 2.75) is 25.3 Å². The van der Waals surface area contributed by atoms with Gasteiger partial charge in [-0.15, -0.1) is 0 Å². The van der Waals surface area contributed by atoms with Crippen molar-refractivity contribution in [3.05, 3.63) is 35.9 Å². The van der Waals surface area contributed by atoms with E-state index in [1.807, 2.05) is 6.07 Å². The number of nitrogens with two attached hydrogens (primary N) is 1. The zero-order valence-corrected chi connectivity index (χ0v) is 11.5. The van der Waals surface area contributed by atoms with Crippen LogP contribution in [0.4, 0.5) is 0 Å². The van der Waals surface area contributed by atoms with Gasteiger partial charge in [-0.2, -0.15) is 0 Å². The summed E-state index contributed by atoms with van der Waals surface area (Å²) < 4.78 is 0. The molecule has 1 amide bonds. The van der Waals surface area contributed by atoms with Crippen molar-refractivity contribution in [1.29, 1.82) is 0 Å². The number of likely N-dealkylation sites (tertiary alicyclic amines) is 1. The minimum Gasteiger partial charge on any atom is -0.352 e. The van der Waals surface area contributed by atoms with Crippen LogP contribution in [0.15, 0.2) is 30.3 Å². The molecule has 1 saturated heterocycles. The Morgan fingerprint density at radius 2 is 2.21 bits per heavy atom. The van der Waals surface area contributed by atoms with Crippen LogP contribution in [-0.2, 0) is 4.79 Å². The molecule has 4 heteroatoms. The Labute approximate surface area is 115 Å². The number of rotatable bonds is 5. The van der Waals surface area contributed by atoms with Crippen LogP contribution in [0.3, 0.4) is 0 Å². The van der Waals surface area contributed by atoms with E-state index in [0.717, 1.165) is 26.1 Å². The lowest BCUT2D eigenvalue weighted by Gasteiger charge is -2.23. The largest absolute Gasteiger partial charge is 0.352 e. The van der Waals surface area contributed by atoms with Crippen molar-refractivity contribution in [3.63, 3.8) is 0 Å². The lowest BCUT2D eigenvalue weighted by Crippen LogP contribution is -2.37. The first-order chi connectivity index (χ1) is 9.19. The van der Waals surface area contributed by atoms with Crippen LogP contribution in [0.1, 0.15) is 24.8 Å². The fourth-order valence-electron chi connectivity index (χ4n) is 2.76. The Balaban J connectivity index is 1.88. The maximum Gasteiger partial charge on any atom is 0.217 e. The summed E-state index contributed by atoms with van der Waals surface area (Å²) in [5.74, 6) is 0.433. The van der Waals surface area contributed by atoms with Crippen LogP contribution in [0.25, 0.3) is 0 Å². The summed E-state index contributed by atoms with van der Waals surface area (Å²) in [6.45, 7) is 5.18. The Morgan fingerprint density at radius 1 is 1.47 bits per heavy atom.